The lowest BCUT2D eigenvalue weighted by molar-refractivity contribution is -0.193. The van der Waals surface area contributed by atoms with Crippen LogP contribution in [0.1, 0.15) is 26.3 Å². The number of rotatable bonds is 7. The molecular weight excluding hydrogens is 536 g/mol. The van der Waals surface area contributed by atoms with Crippen molar-refractivity contribution >= 4 is 54.6 Å². The highest BCUT2D eigenvalue weighted by Gasteiger charge is 2.57. The third-order valence-electron chi connectivity index (χ3n) is 4.98. The average Bonchev–Trinajstić information content (AvgIpc) is 3.17. The van der Waals surface area contributed by atoms with Crippen molar-refractivity contribution in [3.63, 3.8) is 0 Å². The van der Waals surface area contributed by atoms with E-state index in [9.17, 15) is 9.59 Å². The van der Waals surface area contributed by atoms with Gasteiger partial charge in [0.2, 0.25) is 5.79 Å². The zero-order valence-corrected chi connectivity index (χ0v) is 20.8. The van der Waals surface area contributed by atoms with Crippen molar-refractivity contribution in [2.45, 2.75) is 43.6 Å². The van der Waals surface area contributed by atoms with Crippen molar-refractivity contribution in [2.75, 3.05) is 20.3 Å². The Morgan fingerprint density at radius 2 is 1.65 bits per heavy atom. The summed E-state index contributed by atoms with van der Waals surface area (Å²) < 4.78 is 28.7. The molecule has 0 bridgehead atoms. The van der Waals surface area contributed by atoms with E-state index in [1.54, 1.807) is 21.0 Å². The Kier molecular flexibility index (Phi) is 7.62. The smallest absolute Gasteiger partial charge is 0.338 e. The van der Waals surface area contributed by atoms with Gasteiger partial charge in [-0.05, 0) is 59.6 Å². The van der Waals surface area contributed by atoms with E-state index >= 15 is 0 Å². The molecule has 3 rings (SSSR count). The number of halogens is 2. The van der Waals surface area contributed by atoms with Crippen LogP contribution in [0.2, 0.25) is 0 Å². The Balaban J connectivity index is 2.08. The van der Waals surface area contributed by atoms with Gasteiger partial charge in [-0.25, -0.2) is 9.59 Å². The van der Waals surface area contributed by atoms with Crippen LogP contribution in [-0.4, -0.2) is 49.3 Å². The Morgan fingerprint density at radius 3 is 2.13 bits per heavy atom. The molecule has 1 aliphatic heterocycles. The molecule has 3 atom stereocenters. The summed E-state index contributed by atoms with van der Waals surface area (Å²) in [6, 6.07) is 9.39. The molecule has 0 N–H and O–H groups in total. The number of carbonyl (C=O) groups is 2. The molecule has 9 heteroatoms. The second kappa shape index (κ2) is 9.85. The maximum absolute atomic E-state index is 12.6. The van der Waals surface area contributed by atoms with Gasteiger partial charge in [-0.1, -0.05) is 34.1 Å². The van der Waals surface area contributed by atoms with Gasteiger partial charge in [0.1, 0.15) is 5.75 Å². The molecular formula is C22H24Br2O7. The molecule has 2 aromatic carbocycles. The second-order valence-corrected chi connectivity index (χ2v) is 9.05. The molecule has 7 nitrogen and oxygen atoms in total. The third-order valence-corrected chi connectivity index (χ3v) is 6.40. The first-order chi connectivity index (χ1) is 14.8. The Hall–Kier alpha value is -1.68. The molecule has 1 aliphatic rings. The van der Waals surface area contributed by atoms with Crippen molar-refractivity contribution in [1.29, 1.82) is 0 Å². The van der Waals surface area contributed by atoms with Crippen molar-refractivity contribution in [1.82, 2.24) is 0 Å². The van der Waals surface area contributed by atoms with Gasteiger partial charge < -0.3 is 23.7 Å². The molecule has 0 radical (unpaired) electrons. The van der Waals surface area contributed by atoms with Crippen LogP contribution < -0.4 is 4.74 Å². The molecule has 0 saturated carbocycles. The minimum Gasteiger partial charge on any atom is -0.496 e. The summed E-state index contributed by atoms with van der Waals surface area (Å²) in [6.45, 7) is 5.49. The first kappa shape index (κ1) is 24.0. The summed E-state index contributed by atoms with van der Waals surface area (Å²) in [7, 11) is 1.60. The van der Waals surface area contributed by atoms with Crippen molar-refractivity contribution < 1.29 is 33.3 Å². The van der Waals surface area contributed by atoms with Crippen LogP contribution in [-0.2, 0) is 34.3 Å². The first-order valence-corrected chi connectivity index (χ1v) is 11.6. The molecule has 2 aromatic rings. The Labute approximate surface area is 197 Å². The van der Waals surface area contributed by atoms with E-state index in [2.05, 4.69) is 31.9 Å². The zero-order chi connectivity index (χ0) is 22.8. The summed E-state index contributed by atoms with van der Waals surface area (Å²) in [5.74, 6) is -2.05. The van der Waals surface area contributed by atoms with Gasteiger partial charge in [-0.3, -0.25) is 0 Å². The second-order valence-electron chi connectivity index (χ2n) is 6.88. The number of benzene rings is 2. The first-order valence-electron chi connectivity index (χ1n) is 9.88. The van der Waals surface area contributed by atoms with Crippen LogP contribution in [0.3, 0.4) is 0 Å². The lowest BCUT2D eigenvalue weighted by atomic mass is 9.99. The van der Waals surface area contributed by atoms with Crippen LogP contribution in [0.25, 0.3) is 10.8 Å². The van der Waals surface area contributed by atoms with Gasteiger partial charge in [0.05, 0.1) is 29.6 Å². The Bertz CT molecular complexity index is 950. The lowest BCUT2D eigenvalue weighted by Crippen LogP contribution is -2.39. The maximum atomic E-state index is 12.6. The van der Waals surface area contributed by atoms with Gasteiger partial charge in [0.25, 0.3) is 0 Å². The van der Waals surface area contributed by atoms with Gasteiger partial charge >= 0.3 is 11.9 Å². The molecule has 1 heterocycles. The van der Waals surface area contributed by atoms with Gasteiger partial charge in [0.15, 0.2) is 12.2 Å². The number of carbonyl (C=O) groups excluding carboxylic acids is 2. The van der Waals surface area contributed by atoms with Crippen molar-refractivity contribution in [3.8, 4) is 5.75 Å². The largest absolute Gasteiger partial charge is 0.496 e. The van der Waals surface area contributed by atoms with Crippen LogP contribution in [0.15, 0.2) is 34.8 Å². The predicted octanol–water partition coefficient (Wildman–Crippen LogP) is 4.46. The summed E-state index contributed by atoms with van der Waals surface area (Å²) >= 11 is 7.11. The zero-order valence-electron chi connectivity index (χ0n) is 17.6. The molecule has 0 aliphatic carbocycles. The van der Waals surface area contributed by atoms with Crippen LogP contribution in [0.5, 0.6) is 5.75 Å². The topological polar surface area (TPSA) is 80.3 Å². The summed E-state index contributed by atoms with van der Waals surface area (Å²) in [6.07, 6.45) is -2.50. The van der Waals surface area contributed by atoms with Gasteiger partial charge in [-0.2, -0.15) is 0 Å². The molecule has 0 amide bonds. The average molecular weight is 560 g/mol. The van der Waals surface area contributed by atoms with Crippen LogP contribution >= 0.6 is 31.9 Å². The fourth-order valence-electron chi connectivity index (χ4n) is 3.52. The number of alkyl halides is 1. The highest BCUT2D eigenvalue weighted by Crippen LogP contribution is 2.45. The third kappa shape index (κ3) is 4.46. The molecule has 0 aromatic heterocycles. The SMILES string of the molecule is CCOC(=O)[C@@H]1OC(c2ccc3c(Br)c(OC)ccc3c2)(C(C)Br)O[C@H]1C(=O)OCC. The summed E-state index contributed by atoms with van der Waals surface area (Å²) in [4.78, 5) is 24.7. The highest BCUT2D eigenvalue weighted by atomic mass is 79.9. The van der Waals surface area contributed by atoms with E-state index in [4.69, 9.17) is 23.7 Å². The molecule has 1 fully saturated rings. The molecule has 1 unspecified atom stereocenters. The minimum absolute atomic E-state index is 0.150. The number of ether oxygens (including phenoxy) is 5. The van der Waals surface area contributed by atoms with Crippen molar-refractivity contribution in [2.24, 2.45) is 0 Å². The van der Waals surface area contributed by atoms with Crippen LogP contribution in [0.4, 0.5) is 0 Å². The lowest BCUT2D eigenvalue weighted by Gasteiger charge is -2.31. The molecule has 0 spiro atoms. The minimum atomic E-state index is -1.41. The number of methoxy groups -OCH3 is 1. The number of fused-ring (bicyclic) bond motifs is 1. The normalized spacial score (nSPS) is 21.0. The predicted molar refractivity (Wildman–Crippen MR) is 121 cm³/mol. The molecule has 168 valence electrons. The van der Waals surface area contributed by atoms with Gasteiger partial charge in [-0.15, -0.1) is 0 Å². The van der Waals surface area contributed by atoms with Crippen LogP contribution in [0, 0.1) is 0 Å². The molecule has 31 heavy (non-hydrogen) atoms. The maximum Gasteiger partial charge on any atom is 0.338 e. The summed E-state index contributed by atoms with van der Waals surface area (Å²) in [5.41, 5.74) is 0.641. The standard InChI is InChI=1S/C22H24Br2O7/c1-5-28-20(25)18-19(21(26)29-6-2)31-22(30-18,12(3)23)14-8-9-15-13(11-14)7-10-16(27-4)17(15)24/h7-12,18-19H,5-6H2,1-4H3/t12?,18-,19-/m1/s1. The Morgan fingerprint density at radius 1 is 1.06 bits per heavy atom. The van der Waals surface area contributed by atoms with Crippen molar-refractivity contribution in [3.05, 3.63) is 40.4 Å². The van der Waals surface area contributed by atoms with E-state index in [-0.39, 0.29) is 13.2 Å². The molecule has 1 saturated heterocycles. The van der Waals surface area contributed by atoms with E-state index in [1.807, 2.05) is 37.3 Å². The monoisotopic (exact) mass is 558 g/mol. The highest BCUT2D eigenvalue weighted by molar-refractivity contribution is 9.10. The number of hydrogen-bond donors (Lipinski definition) is 0. The van der Waals surface area contributed by atoms with E-state index in [1.165, 1.54) is 0 Å². The fourth-order valence-corrected chi connectivity index (χ4v) is 4.66. The quantitative estimate of drug-likeness (QED) is 0.366. The number of hydrogen-bond acceptors (Lipinski definition) is 7. The van der Waals surface area contributed by atoms with E-state index < -0.39 is 34.8 Å². The summed E-state index contributed by atoms with van der Waals surface area (Å²) in [5, 5.41) is 1.83. The van der Waals surface area contributed by atoms with Gasteiger partial charge in [0, 0.05) is 5.56 Å². The fraction of sp³-hybridized carbons (Fsp3) is 0.455. The van der Waals surface area contributed by atoms with E-state index in [0.29, 0.717) is 11.3 Å². The van der Waals surface area contributed by atoms with E-state index in [0.717, 1.165) is 15.2 Å². The number of esters is 2.